The lowest BCUT2D eigenvalue weighted by Gasteiger charge is -2.57. The Morgan fingerprint density at radius 1 is 0.952 bits per heavy atom. The van der Waals surface area contributed by atoms with Gasteiger partial charge in [-0.05, 0) is 74.0 Å². The van der Waals surface area contributed by atoms with E-state index in [0.29, 0.717) is 17.1 Å². The third-order valence-electron chi connectivity index (χ3n) is 8.17. The molecule has 1 aliphatic heterocycles. The minimum atomic E-state index is 0.0333. The summed E-state index contributed by atoms with van der Waals surface area (Å²) in [5.41, 5.74) is 0.512. The molecule has 3 aliphatic carbocycles. The van der Waals surface area contributed by atoms with Crippen molar-refractivity contribution in [2.45, 2.75) is 65.2 Å². The zero-order valence-corrected chi connectivity index (χ0v) is 13.7. The maximum Gasteiger partial charge on any atom is 0.139 e. The molecule has 6 unspecified atom stereocenters. The van der Waals surface area contributed by atoms with E-state index in [2.05, 4.69) is 13.8 Å². The van der Waals surface area contributed by atoms with E-state index < -0.39 is 0 Å². The highest BCUT2D eigenvalue weighted by Gasteiger charge is 2.59. The maximum atomic E-state index is 12.4. The molecule has 2 heteroatoms. The van der Waals surface area contributed by atoms with Crippen LogP contribution in [0.2, 0.25) is 0 Å². The summed E-state index contributed by atoms with van der Waals surface area (Å²) >= 11 is 0. The van der Waals surface area contributed by atoms with Crippen molar-refractivity contribution in [2.75, 3.05) is 13.2 Å². The van der Waals surface area contributed by atoms with E-state index in [1.54, 1.807) is 0 Å². The van der Waals surface area contributed by atoms with Gasteiger partial charge in [0, 0.05) is 25.0 Å². The molecule has 4 aliphatic rings. The van der Waals surface area contributed by atoms with E-state index in [1.807, 2.05) is 0 Å². The van der Waals surface area contributed by atoms with E-state index in [0.717, 1.165) is 43.8 Å². The molecule has 3 saturated carbocycles. The summed E-state index contributed by atoms with van der Waals surface area (Å²) in [6.07, 6.45) is 9.73. The zero-order chi connectivity index (χ0) is 14.7. The van der Waals surface area contributed by atoms with Crippen LogP contribution >= 0.6 is 0 Å². The summed E-state index contributed by atoms with van der Waals surface area (Å²) < 4.78 is 5.80. The predicted molar refractivity (Wildman–Crippen MR) is 82.9 cm³/mol. The number of carbonyl (C=O) groups is 1. The highest BCUT2D eigenvalue weighted by atomic mass is 16.5. The number of hydrogen-bond donors (Lipinski definition) is 0. The van der Waals surface area contributed by atoms with Crippen LogP contribution < -0.4 is 0 Å². The van der Waals surface area contributed by atoms with Gasteiger partial charge < -0.3 is 4.74 Å². The van der Waals surface area contributed by atoms with Crippen LogP contribution in [0.4, 0.5) is 0 Å². The van der Waals surface area contributed by atoms with E-state index in [-0.39, 0.29) is 5.41 Å². The molecular formula is C19H30O2. The fraction of sp³-hybridized carbons (Fsp3) is 0.947. The topological polar surface area (TPSA) is 26.3 Å². The molecule has 6 atom stereocenters. The van der Waals surface area contributed by atoms with Crippen molar-refractivity contribution in [3.63, 3.8) is 0 Å². The predicted octanol–water partition coefficient (Wildman–Crippen LogP) is 4.22. The third kappa shape index (κ3) is 1.90. The molecule has 0 aromatic rings. The first-order chi connectivity index (χ1) is 10.1. The Morgan fingerprint density at radius 3 is 2.67 bits per heavy atom. The van der Waals surface area contributed by atoms with Gasteiger partial charge in [0.25, 0.3) is 0 Å². The van der Waals surface area contributed by atoms with Gasteiger partial charge >= 0.3 is 0 Å². The minimum Gasteiger partial charge on any atom is -0.381 e. The molecule has 0 spiro atoms. The fourth-order valence-corrected chi connectivity index (χ4v) is 6.79. The molecule has 118 valence electrons. The minimum absolute atomic E-state index is 0.0333. The molecule has 0 bridgehead atoms. The first kappa shape index (κ1) is 14.2. The van der Waals surface area contributed by atoms with Crippen molar-refractivity contribution in [3.05, 3.63) is 0 Å². The first-order valence-electron chi connectivity index (χ1n) is 9.17. The Kier molecular flexibility index (Phi) is 3.26. The lowest BCUT2D eigenvalue weighted by atomic mass is 9.47. The number of hydrogen-bond acceptors (Lipinski definition) is 2. The van der Waals surface area contributed by atoms with Gasteiger partial charge in [0.05, 0.1) is 0 Å². The molecule has 0 amide bonds. The van der Waals surface area contributed by atoms with Crippen LogP contribution in [-0.4, -0.2) is 19.0 Å². The second-order valence-electron chi connectivity index (χ2n) is 8.73. The Morgan fingerprint density at radius 2 is 1.81 bits per heavy atom. The quantitative estimate of drug-likeness (QED) is 0.667. The van der Waals surface area contributed by atoms with E-state index >= 15 is 0 Å². The maximum absolute atomic E-state index is 12.4. The standard InChI is InChI=1S/C19H30O2/c1-18-10-12-21-11-8-13(18)3-4-14-15-5-6-17(20)19(15,2)9-7-16(14)18/h13-16H,3-12H2,1-2H3. The first-order valence-corrected chi connectivity index (χ1v) is 9.17. The van der Waals surface area contributed by atoms with Gasteiger partial charge in [0.1, 0.15) is 5.78 Å². The van der Waals surface area contributed by atoms with Crippen LogP contribution in [0, 0.1) is 34.5 Å². The summed E-state index contributed by atoms with van der Waals surface area (Å²) in [6, 6.07) is 0. The average Bonchev–Trinajstić information content (AvgIpc) is 2.65. The van der Waals surface area contributed by atoms with E-state index in [1.165, 1.54) is 38.5 Å². The van der Waals surface area contributed by atoms with Crippen LogP contribution in [0.3, 0.4) is 0 Å². The van der Waals surface area contributed by atoms with Crippen molar-refractivity contribution in [1.82, 2.24) is 0 Å². The van der Waals surface area contributed by atoms with Gasteiger partial charge in [-0.3, -0.25) is 4.79 Å². The van der Waals surface area contributed by atoms with Gasteiger partial charge in [-0.25, -0.2) is 0 Å². The number of ketones is 1. The molecule has 4 fully saturated rings. The number of carbonyl (C=O) groups excluding carboxylic acids is 1. The molecule has 0 aromatic heterocycles. The van der Waals surface area contributed by atoms with Crippen molar-refractivity contribution in [3.8, 4) is 0 Å². The average molecular weight is 290 g/mol. The van der Waals surface area contributed by atoms with Crippen LogP contribution in [0.15, 0.2) is 0 Å². The number of rotatable bonds is 0. The highest BCUT2D eigenvalue weighted by molar-refractivity contribution is 5.87. The van der Waals surface area contributed by atoms with Crippen LogP contribution in [0.1, 0.15) is 65.2 Å². The van der Waals surface area contributed by atoms with Crippen molar-refractivity contribution < 1.29 is 9.53 Å². The largest absolute Gasteiger partial charge is 0.381 e. The third-order valence-corrected chi connectivity index (χ3v) is 8.17. The lowest BCUT2D eigenvalue weighted by molar-refractivity contribution is -0.136. The van der Waals surface area contributed by atoms with Gasteiger partial charge in [0.2, 0.25) is 0 Å². The molecule has 0 aromatic carbocycles. The highest BCUT2D eigenvalue weighted by Crippen LogP contribution is 2.64. The molecule has 0 radical (unpaired) electrons. The second kappa shape index (κ2) is 4.81. The molecule has 2 nitrogen and oxygen atoms in total. The van der Waals surface area contributed by atoms with Crippen molar-refractivity contribution >= 4 is 5.78 Å². The molecule has 4 rings (SSSR count). The fourth-order valence-electron chi connectivity index (χ4n) is 6.79. The Hall–Kier alpha value is -0.370. The summed E-state index contributed by atoms with van der Waals surface area (Å²) in [5.74, 6) is 3.78. The van der Waals surface area contributed by atoms with Gasteiger partial charge in [0.15, 0.2) is 0 Å². The SMILES string of the molecule is CC12CCC3C(CCC4CCOCCC43C)C1CCC2=O. The Balaban J connectivity index is 1.65. The Bertz CT molecular complexity index is 445. The van der Waals surface area contributed by atoms with Crippen molar-refractivity contribution in [2.24, 2.45) is 34.5 Å². The smallest absolute Gasteiger partial charge is 0.139 e. The summed E-state index contributed by atoms with van der Waals surface area (Å²) in [7, 11) is 0. The zero-order valence-electron chi connectivity index (χ0n) is 13.7. The normalized spacial score (nSPS) is 53.5. The van der Waals surface area contributed by atoms with Crippen LogP contribution in [0.5, 0.6) is 0 Å². The van der Waals surface area contributed by atoms with E-state index in [9.17, 15) is 4.79 Å². The Labute approximate surface area is 129 Å². The summed E-state index contributed by atoms with van der Waals surface area (Å²) in [5, 5.41) is 0. The number of fused-ring (bicyclic) bond motifs is 5. The number of Topliss-reactive ketones (excluding diaryl/α,β-unsaturated/α-hetero) is 1. The molecule has 1 heterocycles. The van der Waals surface area contributed by atoms with Gasteiger partial charge in [-0.15, -0.1) is 0 Å². The van der Waals surface area contributed by atoms with Crippen molar-refractivity contribution in [1.29, 1.82) is 0 Å². The monoisotopic (exact) mass is 290 g/mol. The molecular weight excluding hydrogens is 260 g/mol. The molecule has 0 N–H and O–H groups in total. The van der Waals surface area contributed by atoms with Crippen LogP contribution in [-0.2, 0) is 9.53 Å². The number of ether oxygens (including phenoxy) is 1. The lowest BCUT2D eigenvalue weighted by Crippen LogP contribution is -2.52. The van der Waals surface area contributed by atoms with E-state index in [4.69, 9.17) is 4.74 Å². The second-order valence-corrected chi connectivity index (χ2v) is 8.73. The van der Waals surface area contributed by atoms with Crippen LogP contribution in [0.25, 0.3) is 0 Å². The molecule has 1 saturated heterocycles. The summed E-state index contributed by atoms with van der Waals surface area (Å²) in [6.45, 7) is 6.77. The molecule has 21 heavy (non-hydrogen) atoms. The van der Waals surface area contributed by atoms with Gasteiger partial charge in [-0.1, -0.05) is 13.8 Å². The summed E-state index contributed by atoms with van der Waals surface area (Å²) in [4.78, 5) is 12.4. The van der Waals surface area contributed by atoms with Gasteiger partial charge in [-0.2, -0.15) is 0 Å².